The van der Waals surface area contributed by atoms with Gasteiger partial charge in [-0.05, 0) is 19.4 Å². The van der Waals surface area contributed by atoms with E-state index in [1.54, 1.807) is 0 Å². The van der Waals surface area contributed by atoms with Gasteiger partial charge in [-0.1, -0.05) is 0 Å². The first-order chi connectivity index (χ1) is 5.70. The van der Waals surface area contributed by atoms with E-state index in [9.17, 15) is 0 Å². The number of aromatic nitrogens is 3. The highest BCUT2D eigenvalue weighted by Gasteiger charge is 2.05. The molecule has 3 nitrogen and oxygen atoms in total. The quantitative estimate of drug-likeness (QED) is 0.587. The molecule has 0 saturated heterocycles. The molecule has 0 radical (unpaired) electrons. The molecular weight excluding hydrogens is 150 g/mol. The Morgan fingerprint density at radius 1 is 1.33 bits per heavy atom. The van der Waals surface area contributed by atoms with Crippen molar-refractivity contribution in [2.45, 2.75) is 13.8 Å². The van der Waals surface area contributed by atoms with E-state index in [1.807, 2.05) is 20.2 Å². The highest BCUT2D eigenvalue weighted by molar-refractivity contribution is 5.84. The first-order valence-electron chi connectivity index (χ1n) is 3.94. The number of aryl methyl sites for hydroxylation is 3. The smallest absolute Gasteiger partial charge is 0.0842 e. The van der Waals surface area contributed by atoms with Gasteiger partial charge >= 0.3 is 0 Å². The Morgan fingerprint density at radius 3 is 2.75 bits per heavy atom. The second-order valence-electron chi connectivity index (χ2n) is 3.12. The number of fused-ring (bicyclic) bond motifs is 1. The van der Waals surface area contributed by atoms with Crippen LogP contribution in [0.2, 0.25) is 0 Å². The zero-order valence-electron chi connectivity index (χ0n) is 7.50. The molecule has 0 aromatic carbocycles. The molecule has 0 N–H and O–H groups in total. The topological polar surface area (TPSA) is 30.7 Å². The van der Waals surface area contributed by atoms with Crippen molar-refractivity contribution < 1.29 is 0 Å². The molecule has 0 amide bonds. The molecule has 3 heteroatoms. The van der Waals surface area contributed by atoms with E-state index in [0.29, 0.717) is 0 Å². The second-order valence-corrected chi connectivity index (χ2v) is 3.12. The number of hydrogen-bond donors (Lipinski definition) is 0. The minimum atomic E-state index is 0.989. The maximum atomic E-state index is 4.01. The van der Waals surface area contributed by atoms with Gasteiger partial charge in [-0.2, -0.15) is 10.2 Å². The number of nitrogens with zero attached hydrogens (tertiary/aromatic N) is 3. The van der Waals surface area contributed by atoms with Crippen molar-refractivity contribution in [3.8, 4) is 0 Å². The van der Waals surface area contributed by atoms with Crippen LogP contribution in [0.1, 0.15) is 11.3 Å². The fourth-order valence-corrected chi connectivity index (χ4v) is 1.63. The summed E-state index contributed by atoms with van der Waals surface area (Å²) in [6, 6.07) is 0. The molecule has 2 rings (SSSR count). The maximum absolute atomic E-state index is 4.01. The van der Waals surface area contributed by atoms with Gasteiger partial charge in [-0.25, -0.2) is 0 Å². The van der Waals surface area contributed by atoms with E-state index in [1.165, 1.54) is 16.5 Å². The predicted molar refractivity (Wildman–Crippen MR) is 48.0 cm³/mol. The largest absolute Gasteiger partial charge is 0.349 e. The molecular formula is C9H11N3. The van der Waals surface area contributed by atoms with Crippen LogP contribution in [0.25, 0.3) is 10.9 Å². The van der Waals surface area contributed by atoms with Crippen LogP contribution in [-0.2, 0) is 7.05 Å². The van der Waals surface area contributed by atoms with Crippen LogP contribution in [0.3, 0.4) is 0 Å². The SMILES string of the molecule is Cc1cn(C)c2c(C)nncc12. The summed E-state index contributed by atoms with van der Waals surface area (Å²) in [5, 5.41) is 9.13. The van der Waals surface area contributed by atoms with Crippen LogP contribution in [0.15, 0.2) is 12.4 Å². The van der Waals surface area contributed by atoms with Crippen LogP contribution >= 0.6 is 0 Å². The average molecular weight is 161 g/mol. The van der Waals surface area contributed by atoms with Crippen molar-refractivity contribution >= 4 is 10.9 Å². The van der Waals surface area contributed by atoms with Crippen molar-refractivity contribution in [2.24, 2.45) is 7.05 Å². The second kappa shape index (κ2) is 2.30. The van der Waals surface area contributed by atoms with E-state index in [2.05, 4.69) is 27.9 Å². The normalized spacial score (nSPS) is 10.9. The van der Waals surface area contributed by atoms with Crippen LogP contribution in [-0.4, -0.2) is 14.8 Å². The molecule has 12 heavy (non-hydrogen) atoms. The highest BCUT2D eigenvalue weighted by atomic mass is 15.1. The summed E-state index contributed by atoms with van der Waals surface area (Å²) >= 11 is 0. The Bertz CT molecular complexity index is 429. The van der Waals surface area contributed by atoms with Crippen molar-refractivity contribution in [3.05, 3.63) is 23.7 Å². The van der Waals surface area contributed by atoms with Crippen molar-refractivity contribution in [2.75, 3.05) is 0 Å². The van der Waals surface area contributed by atoms with E-state index in [4.69, 9.17) is 0 Å². The average Bonchev–Trinajstić information content (AvgIpc) is 2.29. The molecule has 2 aromatic rings. The summed E-state index contributed by atoms with van der Waals surface area (Å²) in [4.78, 5) is 0. The Hall–Kier alpha value is -1.38. The summed E-state index contributed by atoms with van der Waals surface area (Å²) < 4.78 is 2.09. The molecule has 0 fully saturated rings. The summed E-state index contributed by atoms with van der Waals surface area (Å²) in [6.07, 6.45) is 3.92. The van der Waals surface area contributed by atoms with Gasteiger partial charge in [-0.3, -0.25) is 0 Å². The summed E-state index contributed by atoms with van der Waals surface area (Å²) in [5.74, 6) is 0. The molecule has 0 spiro atoms. The lowest BCUT2D eigenvalue weighted by molar-refractivity contribution is 0.930. The first kappa shape index (κ1) is 7.28. The molecule has 0 bridgehead atoms. The molecule has 2 aromatic heterocycles. The highest BCUT2D eigenvalue weighted by Crippen LogP contribution is 2.19. The van der Waals surface area contributed by atoms with Gasteiger partial charge in [0.05, 0.1) is 17.4 Å². The van der Waals surface area contributed by atoms with Crippen LogP contribution in [0.4, 0.5) is 0 Å². The fourth-order valence-electron chi connectivity index (χ4n) is 1.63. The van der Waals surface area contributed by atoms with E-state index in [-0.39, 0.29) is 0 Å². The molecule has 0 aliphatic heterocycles. The van der Waals surface area contributed by atoms with Gasteiger partial charge in [0.2, 0.25) is 0 Å². The Morgan fingerprint density at radius 2 is 2.08 bits per heavy atom. The number of hydrogen-bond acceptors (Lipinski definition) is 2. The first-order valence-corrected chi connectivity index (χ1v) is 3.94. The van der Waals surface area contributed by atoms with Crippen LogP contribution < -0.4 is 0 Å². The van der Waals surface area contributed by atoms with E-state index >= 15 is 0 Å². The fraction of sp³-hybridized carbons (Fsp3) is 0.333. The zero-order valence-corrected chi connectivity index (χ0v) is 7.50. The zero-order chi connectivity index (χ0) is 8.72. The lowest BCUT2D eigenvalue weighted by Crippen LogP contribution is -1.91. The lowest BCUT2D eigenvalue weighted by Gasteiger charge is -1.97. The minimum Gasteiger partial charge on any atom is -0.349 e. The third-order valence-electron chi connectivity index (χ3n) is 2.16. The van der Waals surface area contributed by atoms with E-state index < -0.39 is 0 Å². The Balaban J connectivity index is 2.99. The van der Waals surface area contributed by atoms with E-state index in [0.717, 1.165) is 5.69 Å². The molecule has 0 aliphatic carbocycles. The van der Waals surface area contributed by atoms with Gasteiger partial charge in [-0.15, -0.1) is 0 Å². The third-order valence-corrected chi connectivity index (χ3v) is 2.16. The summed E-state index contributed by atoms with van der Waals surface area (Å²) in [7, 11) is 2.03. The lowest BCUT2D eigenvalue weighted by atomic mass is 10.2. The summed E-state index contributed by atoms with van der Waals surface area (Å²) in [6.45, 7) is 4.07. The Labute approximate surface area is 71.0 Å². The van der Waals surface area contributed by atoms with Crippen LogP contribution in [0, 0.1) is 13.8 Å². The summed E-state index contributed by atoms with van der Waals surface area (Å²) in [5.41, 5.74) is 3.43. The van der Waals surface area contributed by atoms with Gasteiger partial charge in [0, 0.05) is 18.6 Å². The van der Waals surface area contributed by atoms with Crippen molar-refractivity contribution in [1.82, 2.24) is 14.8 Å². The number of rotatable bonds is 0. The molecule has 0 aliphatic rings. The standard InChI is InChI=1S/C9H11N3/c1-6-5-12(3)9-7(2)11-10-4-8(6)9/h4-5H,1-3H3. The van der Waals surface area contributed by atoms with Crippen LogP contribution in [0.5, 0.6) is 0 Å². The molecule has 62 valence electrons. The maximum Gasteiger partial charge on any atom is 0.0842 e. The van der Waals surface area contributed by atoms with Crippen molar-refractivity contribution in [3.63, 3.8) is 0 Å². The molecule has 0 saturated carbocycles. The van der Waals surface area contributed by atoms with Gasteiger partial charge in [0.15, 0.2) is 0 Å². The molecule has 0 atom stereocenters. The van der Waals surface area contributed by atoms with Gasteiger partial charge in [0.1, 0.15) is 0 Å². The van der Waals surface area contributed by atoms with Crippen molar-refractivity contribution in [1.29, 1.82) is 0 Å². The molecule has 2 heterocycles. The van der Waals surface area contributed by atoms with Gasteiger partial charge in [0.25, 0.3) is 0 Å². The predicted octanol–water partition coefficient (Wildman–Crippen LogP) is 1.59. The minimum absolute atomic E-state index is 0.989. The molecule has 0 unspecified atom stereocenters. The Kier molecular flexibility index (Phi) is 1.40. The monoisotopic (exact) mass is 161 g/mol. The van der Waals surface area contributed by atoms with Gasteiger partial charge < -0.3 is 4.57 Å². The third kappa shape index (κ3) is 0.826.